The van der Waals surface area contributed by atoms with E-state index in [0.29, 0.717) is 18.8 Å². The molecular formula is C14H26ClF3N2O. The Labute approximate surface area is 131 Å². The van der Waals surface area contributed by atoms with Crippen molar-refractivity contribution in [1.29, 1.82) is 0 Å². The van der Waals surface area contributed by atoms with Gasteiger partial charge in [0.05, 0.1) is 0 Å². The van der Waals surface area contributed by atoms with Crippen LogP contribution in [0.15, 0.2) is 0 Å². The molecule has 0 bridgehead atoms. The highest BCUT2D eigenvalue weighted by Crippen LogP contribution is 2.21. The lowest BCUT2D eigenvalue weighted by molar-refractivity contribution is -0.161. The van der Waals surface area contributed by atoms with Crippen molar-refractivity contribution in [2.75, 3.05) is 26.2 Å². The molecule has 0 atom stereocenters. The van der Waals surface area contributed by atoms with Crippen molar-refractivity contribution < 1.29 is 18.0 Å². The smallest absolute Gasteiger partial charge is 0.334 e. The third-order valence-electron chi connectivity index (χ3n) is 3.73. The molecule has 3 nitrogen and oxygen atoms in total. The van der Waals surface area contributed by atoms with Gasteiger partial charge in [-0.3, -0.25) is 4.79 Å². The molecule has 1 N–H and O–H groups in total. The van der Waals surface area contributed by atoms with E-state index in [1.54, 1.807) is 0 Å². The summed E-state index contributed by atoms with van der Waals surface area (Å²) in [6.45, 7) is 2.90. The summed E-state index contributed by atoms with van der Waals surface area (Å²) in [6, 6.07) is 0. The first kappa shape index (κ1) is 20.5. The van der Waals surface area contributed by atoms with Crippen molar-refractivity contribution in [3.05, 3.63) is 0 Å². The molecule has 1 aliphatic heterocycles. The number of rotatable bonds is 7. The van der Waals surface area contributed by atoms with Crippen LogP contribution in [0.2, 0.25) is 0 Å². The maximum absolute atomic E-state index is 12.5. The molecule has 0 aromatic heterocycles. The number of alkyl halides is 3. The summed E-state index contributed by atoms with van der Waals surface area (Å²) in [5.41, 5.74) is 0. The highest BCUT2D eigenvalue weighted by atomic mass is 35.5. The molecule has 1 fully saturated rings. The van der Waals surface area contributed by atoms with Crippen molar-refractivity contribution in [3.63, 3.8) is 0 Å². The Balaban J connectivity index is 0.00000400. The molecule has 126 valence electrons. The van der Waals surface area contributed by atoms with Gasteiger partial charge in [0.15, 0.2) is 0 Å². The number of nitrogens with zero attached hydrogens (tertiary/aromatic N) is 1. The van der Waals surface area contributed by atoms with E-state index >= 15 is 0 Å². The Hall–Kier alpha value is -0.490. The molecule has 1 heterocycles. The Morgan fingerprint density at radius 1 is 1.29 bits per heavy atom. The second-order valence-corrected chi connectivity index (χ2v) is 5.52. The molecular weight excluding hydrogens is 305 g/mol. The maximum Gasteiger partial charge on any atom is 0.406 e. The average molecular weight is 331 g/mol. The summed E-state index contributed by atoms with van der Waals surface area (Å²) in [4.78, 5) is 13.0. The number of hydrogen-bond acceptors (Lipinski definition) is 2. The summed E-state index contributed by atoms with van der Waals surface area (Å²) in [6.07, 6.45) is 0.0811. The zero-order chi connectivity index (χ0) is 15.0. The fourth-order valence-electron chi connectivity index (χ4n) is 2.51. The number of amides is 1. The van der Waals surface area contributed by atoms with Crippen molar-refractivity contribution in [3.8, 4) is 0 Å². The highest BCUT2D eigenvalue weighted by molar-refractivity contribution is 5.85. The number of hydrogen-bond donors (Lipinski definition) is 1. The standard InChI is InChI=1S/C14H25F3N2O.ClH/c1-2-3-10-19(11-14(15,16)17)13(20)5-4-12-6-8-18-9-7-12;/h12,18H,2-11H2,1H3;1H. The Kier molecular flexibility index (Phi) is 10.0. The van der Waals surface area contributed by atoms with Gasteiger partial charge in [0.1, 0.15) is 6.54 Å². The van der Waals surface area contributed by atoms with Crippen LogP contribution in [0, 0.1) is 5.92 Å². The third kappa shape index (κ3) is 9.19. The number of halogens is 4. The van der Waals surface area contributed by atoms with Crippen LogP contribution in [0.4, 0.5) is 13.2 Å². The molecule has 7 heteroatoms. The summed E-state index contributed by atoms with van der Waals surface area (Å²) >= 11 is 0. The highest BCUT2D eigenvalue weighted by Gasteiger charge is 2.32. The van der Waals surface area contributed by atoms with Gasteiger partial charge < -0.3 is 10.2 Å². The quantitative estimate of drug-likeness (QED) is 0.776. The topological polar surface area (TPSA) is 32.3 Å². The molecule has 0 aromatic rings. The predicted octanol–water partition coefficient (Wildman–Crippen LogP) is 3.38. The molecule has 1 amide bonds. The van der Waals surface area contributed by atoms with Crippen LogP contribution < -0.4 is 5.32 Å². The van der Waals surface area contributed by atoms with Crippen LogP contribution in [0.1, 0.15) is 45.4 Å². The summed E-state index contributed by atoms with van der Waals surface area (Å²) < 4.78 is 37.5. The third-order valence-corrected chi connectivity index (χ3v) is 3.73. The molecule has 21 heavy (non-hydrogen) atoms. The predicted molar refractivity (Wildman–Crippen MR) is 79.6 cm³/mol. The van der Waals surface area contributed by atoms with E-state index in [0.717, 1.165) is 37.3 Å². The van der Waals surface area contributed by atoms with Crippen LogP contribution in [-0.4, -0.2) is 43.2 Å². The molecule has 1 aliphatic rings. The van der Waals surface area contributed by atoms with Gasteiger partial charge in [0, 0.05) is 13.0 Å². The second kappa shape index (κ2) is 10.3. The minimum absolute atomic E-state index is 0. The minimum Gasteiger partial charge on any atom is -0.334 e. The Morgan fingerprint density at radius 2 is 1.90 bits per heavy atom. The normalized spacial score (nSPS) is 16.4. The molecule has 0 saturated carbocycles. The number of carbonyl (C=O) groups excluding carboxylic acids is 1. The van der Waals surface area contributed by atoms with E-state index in [4.69, 9.17) is 0 Å². The Bertz CT molecular complexity index is 294. The van der Waals surface area contributed by atoms with Gasteiger partial charge in [0.2, 0.25) is 5.91 Å². The number of carbonyl (C=O) groups is 1. The van der Waals surface area contributed by atoms with Crippen LogP contribution in [0.25, 0.3) is 0 Å². The molecule has 1 rings (SSSR count). The first-order chi connectivity index (χ1) is 9.42. The minimum atomic E-state index is -4.31. The fourth-order valence-corrected chi connectivity index (χ4v) is 2.51. The van der Waals surface area contributed by atoms with E-state index in [1.807, 2.05) is 6.92 Å². The lowest BCUT2D eigenvalue weighted by Crippen LogP contribution is -2.39. The first-order valence-corrected chi connectivity index (χ1v) is 7.47. The van der Waals surface area contributed by atoms with E-state index in [-0.39, 0.29) is 31.3 Å². The van der Waals surface area contributed by atoms with Crippen LogP contribution in [-0.2, 0) is 4.79 Å². The largest absolute Gasteiger partial charge is 0.406 e. The molecule has 0 radical (unpaired) electrons. The van der Waals surface area contributed by atoms with E-state index in [1.165, 1.54) is 0 Å². The summed E-state index contributed by atoms with van der Waals surface area (Å²) in [7, 11) is 0. The van der Waals surface area contributed by atoms with Crippen molar-refractivity contribution in [2.24, 2.45) is 5.92 Å². The van der Waals surface area contributed by atoms with Gasteiger partial charge >= 0.3 is 6.18 Å². The lowest BCUT2D eigenvalue weighted by atomic mass is 9.93. The Morgan fingerprint density at radius 3 is 2.43 bits per heavy atom. The van der Waals surface area contributed by atoms with Gasteiger partial charge in [-0.15, -0.1) is 12.4 Å². The van der Waals surface area contributed by atoms with Crippen molar-refractivity contribution in [1.82, 2.24) is 10.2 Å². The molecule has 0 aliphatic carbocycles. The number of unbranched alkanes of at least 4 members (excludes halogenated alkanes) is 1. The van der Waals surface area contributed by atoms with Gasteiger partial charge in [-0.25, -0.2) is 0 Å². The average Bonchev–Trinajstić information content (AvgIpc) is 2.40. The zero-order valence-corrected chi connectivity index (χ0v) is 13.4. The van der Waals surface area contributed by atoms with Crippen molar-refractivity contribution in [2.45, 2.75) is 51.6 Å². The summed E-state index contributed by atoms with van der Waals surface area (Å²) in [5.74, 6) is 0.119. The zero-order valence-electron chi connectivity index (χ0n) is 12.5. The molecule has 0 aromatic carbocycles. The van der Waals surface area contributed by atoms with Crippen LogP contribution in [0.5, 0.6) is 0 Å². The molecule has 0 spiro atoms. The monoisotopic (exact) mass is 330 g/mol. The van der Waals surface area contributed by atoms with Crippen molar-refractivity contribution >= 4 is 18.3 Å². The SMILES string of the molecule is CCCCN(CC(F)(F)F)C(=O)CCC1CCNCC1.Cl. The van der Waals surface area contributed by atoms with E-state index < -0.39 is 12.7 Å². The van der Waals surface area contributed by atoms with Gasteiger partial charge in [-0.1, -0.05) is 13.3 Å². The molecule has 0 unspecified atom stereocenters. The fraction of sp³-hybridized carbons (Fsp3) is 0.929. The van der Waals surface area contributed by atoms with E-state index in [9.17, 15) is 18.0 Å². The van der Waals surface area contributed by atoms with Gasteiger partial charge in [-0.2, -0.15) is 13.2 Å². The molecule has 1 saturated heterocycles. The van der Waals surface area contributed by atoms with Gasteiger partial charge in [-0.05, 0) is 44.7 Å². The number of nitrogens with one attached hydrogen (secondary N) is 1. The first-order valence-electron chi connectivity index (χ1n) is 7.47. The maximum atomic E-state index is 12.5. The van der Waals surface area contributed by atoms with Crippen LogP contribution >= 0.6 is 12.4 Å². The number of piperidine rings is 1. The van der Waals surface area contributed by atoms with Gasteiger partial charge in [0.25, 0.3) is 0 Å². The van der Waals surface area contributed by atoms with E-state index in [2.05, 4.69) is 5.32 Å². The van der Waals surface area contributed by atoms with Crippen LogP contribution in [0.3, 0.4) is 0 Å². The lowest BCUT2D eigenvalue weighted by Gasteiger charge is -2.26. The second-order valence-electron chi connectivity index (χ2n) is 5.52. The summed E-state index contributed by atoms with van der Waals surface area (Å²) in [5, 5.41) is 3.24.